The van der Waals surface area contributed by atoms with Gasteiger partial charge in [0.25, 0.3) is 5.91 Å². The average molecular weight is 350 g/mol. The molecule has 0 unspecified atom stereocenters. The van der Waals surface area contributed by atoms with Crippen LogP contribution in [0.2, 0.25) is 0 Å². The molecule has 0 saturated heterocycles. The second-order valence-electron chi connectivity index (χ2n) is 5.63. The first-order valence-corrected chi connectivity index (χ1v) is 8.01. The second-order valence-corrected chi connectivity index (χ2v) is 5.63. The minimum absolute atomic E-state index is 0.318. The number of ether oxygens (including phenoxy) is 1. The van der Waals surface area contributed by atoms with E-state index in [1.54, 1.807) is 42.1 Å². The van der Waals surface area contributed by atoms with Crippen molar-refractivity contribution in [3.8, 4) is 11.6 Å². The SMILES string of the molecule is C[C@H](Oc1ccn(-c2ccccc2)n1)C(=O)Nc1cccc(C(N)=O)c1. The predicted octanol–water partition coefficient (Wildman–Crippen LogP) is 2.38. The fraction of sp³-hybridized carbons (Fsp3) is 0.105. The Labute approximate surface area is 150 Å². The van der Waals surface area contributed by atoms with Gasteiger partial charge in [-0.2, -0.15) is 0 Å². The Hall–Kier alpha value is -3.61. The minimum Gasteiger partial charge on any atom is -0.463 e. The van der Waals surface area contributed by atoms with Gasteiger partial charge >= 0.3 is 0 Å². The van der Waals surface area contributed by atoms with E-state index in [-0.39, 0.29) is 5.91 Å². The van der Waals surface area contributed by atoms with Crippen molar-refractivity contribution in [2.75, 3.05) is 5.32 Å². The molecule has 0 bridgehead atoms. The molecule has 0 radical (unpaired) electrons. The maximum atomic E-state index is 12.3. The van der Waals surface area contributed by atoms with Crippen LogP contribution in [0.4, 0.5) is 5.69 Å². The molecule has 2 aromatic carbocycles. The monoisotopic (exact) mass is 350 g/mol. The third-order valence-electron chi connectivity index (χ3n) is 3.67. The van der Waals surface area contributed by atoms with Gasteiger partial charge in [-0.3, -0.25) is 9.59 Å². The van der Waals surface area contributed by atoms with Gasteiger partial charge in [-0.15, -0.1) is 5.10 Å². The molecule has 132 valence electrons. The van der Waals surface area contributed by atoms with Gasteiger partial charge in [0.2, 0.25) is 11.8 Å². The molecule has 3 rings (SSSR count). The summed E-state index contributed by atoms with van der Waals surface area (Å²) in [7, 11) is 0. The molecule has 0 aliphatic carbocycles. The Morgan fingerprint density at radius 2 is 1.88 bits per heavy atom. The lowest BCUT2D eigenvalue weighted by Gasteiger charge is -2.13. The molecule has 1 atom stereocenters. The number of nitrogens with zero attached hydrogens (tertiary/aromatic N) is 2. The zero-order valence-electron chi connectivity index (χ0n) is 14.1. The Morgan fingerprint density at radius 3 is 2.62 bits per heavy atom. The van der Waals surface area contributed by atoms with E-state index in [2.05, 4.69) is 10.4 Å². The van der Waals surface area contributed by atoms with Crippen molar-refractivity contribution < 1.29 is 14.3 Å². The number of hydrogen-bond acceptors (Lipinski definition) is 4. The normalized spacial score (nSPS) is 11.6. The van der Waals surface area contributed by atoms with Crippen molar-refractivity contribution in [1.82, 2.24) is 9.78 Å². The lowest BCUT2D eigenvalue weighted by atomic mass is 10.2. The number of rotatable bonds is 6. The smallest absolute Gasteiger partial charge is 0.265 e. The second kappa shape index (κ2) is 7.52. The number of hydrogen-bond donors (Lipinski definition) is 2. The first-order chi connectivity index (χ1) is 12.5. The number of amides is 2. The molecule has 1 heterocycles. The summed E-state index contributed by atoms with van der Waals surface area (Å²) in [5.74, 6) is -0.583. The van der Waals surface area contributed by atoms with E-state index in [0.29, 0.717) is 17.1 Å². The highest BCUT2D eigenvalue weighted by molar-refractivity contribution is 5.97. The quantitative estimate of drug-likeness (QED) is 0.713. The van der Waals surface area contributed by atoms with Crippen LogP contribution in [0, 0.1) is 0 Å². The molecule has 7 nitrogen and oxygen atoms in total. The van der Waals surface area contributed by atoms with Crippen molar-refractivity contribution in [2.24, 2.45) is 5.73 Å². The number of anilines is 1. The molecule has 7 heteroatoms. The summed E-state index contributed by atoms with van der Waals surface area (Å²) in [5, 5.41) is 6.99. The number of primary amides is 1. The van der Waals surface area contributed by atoms with Crippen LogP contribution in [0.25, 0.3) is 5.69 Å². The number of nitrogens with one attached hydrogen (secondary N) is 1. The largest absolute Gasteiger partial charge is 0.463 e. The van der Waals surface area contributed by atoms with Crippen LogP contribution < -0.4 is 15.8 Å². The zero-order chi connectivity index (χ0) is 18.5. The molecule has 0 aliphatic heterocycles. The van der Waals surface area contributed by atoms with Crippen LogP contribution >= 0.6 is 0 Å². The van der Waals surface area contributed by atoms with Crippen LogP contribution in [-0.2, 0) is 4.79 Å². The van der Waals surface area contributed by atoms with Crippen molar-refractivity contribution in [3.05, 3.63) is 72.4 Å². The summed E-state index contributed by atoms with van der Waals surface area (Å²) in [6, 6.07) is 17.7. The van der Waals surface area contributed by atoms with E-state index in [9.17, 15) is 9.59 Å². The summed E-state index contributed by atoms with van der Waals surface area (Å²) < 4.78 is 7.26. The van der Waals surface area contributed by atoms with Gasteiger partial charge in [0, 0.05) is 23.5 Å². The molecule has 1 aromatic heterocycles. The molecule has 3 N–H and O–H groups in total. The molecule has 0 spiro atoms. The van der Waals surface area contributed by atoms with Crippen LogP contribution in [0.15, 0.2) is 66.9 Å². The standard InChI is InChI=1S/C19H18N4O3/c1-13(19(25)21-15-7-5-6-14(12-15)18(20)24)26-17-10-11-23(22-17)16-8-3-2-4-9-16/h2-13H,1H3,(H2,20,24)(H,21,25)/t13-/m0/s1. The van der Waals surface area contributed by atoms with Gasteiger partial charge in [0.1, 0.15) is 0 Å². The Kier molecular flexibility index (Phi) is 4.98. The molecule has 3 aromatic rings. The number of aromatic nitrogens is 2. The third kappa shape index (κ3) is 4.07. The first kappa shape index (κ1) is 17.2. The summed E-state index contributed by atoms with van der Waals surface area (Å²) >= 11 is 0. The highest BCUT2D eigenvalue weighted by Gasteiger charge is 2.17. The van der Waals surface area contributed by atoms with Crippen molar-refractivity contribution in [2.45, 2.75) is 13.0 Å². The molecule has 0 aliphatic rings. The lowest BCUT2D eigenvalue weighted by molar-refractivity contribution is -0.122. The van der Waals surface area contributed by atoms with Gasteiger partial charge in [-0.05, 0) is 37.3 Å². The fourth-order valence-electron chi connectivity index (χ4n) is 2.32. The summed E-state index contributed by atoms with van der Waals surface area (Å²) in [6.07, 6.45) is 0.984. The Balaban J connectivity index is 1.64. The zero-order valence-corrected chi connectivity index (χ0v) is 14.1. The fourth-order valence-corrected chi connectivity index (χ4v) is 2.32. The van der Waals surface area contributed by atoms with Crippen molar-refractivity contribution in [1.29, 1.82) is 0 Å². The predicted molar refractivity (Wildman–Crippen MR) is 97.2 cm³/mol. The highest BCUT2D eigenvalue weighted by Crippen LogP contribution is 2.15. The van der Waals surface area contributed by atoms with E-state index in [4.69, 9.17) is 10.5 Å². The molecular formula is C19H18N4O3. The van der Waals surface area contributed by atoms with Gasteiger partial charge in [0.15, 0.2) is 6.10 Å². The summed E-state index contributed by atoms with van der Waals surface area (Å²) in [5.41, 5.74) is 6.92. The van der Waals surface area contributed by atoms with E-state index in [1.807, 2.05) is 30.3 Å². The van der Waals surface area contributed by atoms with Crippen LogP contribution in [0.3, 0.4) is 0 Å². The van der Waals surface area contributed by atoms with Gasteiger partial charge < -0.3 is 15.8 Å². The van der Waals surface area contributed by atoms with Crippen LogP contribution in [-0.4, -0.2) is 27.7 Å². The van der Waals surface area contributed by atoms with Crippen LogP contribution in [0.1, 0.15) is 17.3 Å². The minimum atomic E-state index is -0.772. The van der Waals surface area contributed by atoms with Gasteiger partial charge in [-0.25, -0.2) is 4.68 Å². The number of benzene rings is 2. The molecule has 0 saturated carbocycles. The molecule has 0 fully saturated rings. The van der Waals surface area contributed by atoms with E-state index >= 15 is 0 Å². The number of para-hydroxylation sites is 1. The number of carbonyl (C=O) groups excluding carboxylic acids is 2. The van der Waals surface area contributed by atoms with E-state index < -0.39 is 12.0 Å². The van der Waals surface area contributed by atoms with Crippen LogP contribution in [0.5, 0.6) is 5.88 Å². The maximum absolute atomic E-state index is 12.3. The maximum Gasteiger partial charge on any atom is 0.265 e. The molecular weight excluding hydrogens is 332 g/mol. The average Bonchev–Trinajstić information content (AvgIpc) is 3.11. The summed E-state index contributed by atoms with van der Waals surface area (Å²) in [4.78, 5) is 23.5. The molecule has 26 heavy (non-hydrogen) atoms. The summed E-state index contributed by atoms with van der Waals surface area (Å²) in [6.45, 7) is 1.62. The topological polar surface area (TPSA) is 99.2 Å². The molecule has 2 amide bonds. The van der Waals surface area contributed by atoms with Crippen molar-refractivity contribution in [3.63, 3.8) is 0 Å². The lowest BCUT2D eigenvalue weighted by Crippen LogP contribution is -2.30. The third-order valence-corrected chi connectivity index (χ3v) is 3.67. The highest BCUT2D eigenvalue weighted by atomic mass is 16.5. The Morgan fingerprint density at radius 1 is 1.12 bits per heavy atom. The van der Waals surface area contributed by atoms with E-state index in [1.165, 1.54) is 6.07 Å². The first-order valence-electron chi connectivity index (χ1n) is 8.01. The van der Waals surface area contributed by atoms with E-state index in [0.717, 1.165) is 5.69 Å². The van der Waals surface area contributed by atoms with Gasteiger partial charge in [-0.1, -0.05) is 24.3 Å². The van der Waals surface area contributed by atoms with Crippen molar-refractivity contribution >= 4 is 17.5 Å². The van der Waals surface area contributed by atoms with Gasteiger partial charge in [0.05, 0.1) is 5.69 Å². The number of carbonyl (C=O) groups is 2. The number of nitrogens with two attached hydrogens (primary N) is 1. The Bertz CT molecular complexity index is 921.